The predicted molar refractivity (Wildman–Crippen MR) is 252 cm³/mol. The van der Waals surface area contributed by atoms with Crippen molar-refractivity contribution >= 4 is 56.5 Å². The van der Waals surface area contributed by atoms with E-state index >= 15 is 0 Å². The van der Waals surface area contributed by atoms with Gasteiger partial charge in [-0.15, -0.1) is 0 Å². The Kier molecular flexibility index (Phi) is 11.7. The fraction of sp³-hybridized carbons (Fsp3) is 0.192. The highest BCUT2D eigenvalue weighted by atomic mass is 16.5. The molecular weight excluding hydrogens is 753 g/mol. The van der Waals surface area contributed by atoms with Gasteiger partial charge in [0.25, 0.3) is 0 Å². The Hall–Kier alpha value is -6.94. The summed E-state index contributed by atoms with van der Waals surface area (Å²) in [6.45, 7) is 9.13. The molecule has 8 aromatic rings. The van der Waals surface area contributed by atoms with Crippen LogP contribution >= 0.6 is 0 Å². The number of aromatic nitrogens is 3. The first-order valence-corrected chi connectivity index (χ1v) is 21.4. The van der Waals surface area contributed by atoms with Crippen LogP contribution in [0.25, 0.3) is 38.7 Å². The highest BCUT2D eigenvalue weighted by Crippen LogP contribution is 2.54. The number of rotatable bonds is 16. The van der Waals surface area contributed by atoms with Gasteiger partial charge in [0.1, 0.15) is 11.0 Å². The van der Waals surface area contributed by atoms with Crippen LogP contribution in [0, 0.1) is 5.92 Å². The van der Waals surface area contributed by atoms with Crippen LogP contribution in [-0.2, 0) is 11.3 Å². The van der Waals surface area contributed by atoms with Gasteiger partial charge in [-0.25, -0.2) is 0 Å². The lowest BCUT2D eigenvalue weighted by Gasteiger charge is -2.30. The van der Waals surface area contributed by atoms with Crippen LogP contribution < -0.4 is 15.2 Å². The van der Waals surface area contributed by atoms with Gasteiger partial charge in [-0.3, -0.25) is 5.12 Å². The first-order chi connectivity index (χ1) is 30.1. The number of hydrogen-bond donors (Lipinski definition) is 1. The molecule has 0 spiro atoms. The summed E-state index contributed by atoms with van der Waals surface area (Å²) in [5.41, 5.74) is 22.8. The molecule has 9 rings (SSSR count). The highest BCUT2D eigenvalue weighted by molar-refractivity contribution is 6.15. The van der Waals surface area contributed by atoms with Crippen molar-refractivity contribution in [3.8, 4) is 22.3 Å². The van der Waals surface area contributed by atoms with E-state index in [1.807, 2.05) is 22.0 Å². The Morgan fingerprint density at radius 1 is 0.557 bits per heavy atom. The SMILES string of the molecule is CCCCOCCN1[N-]c2c(c(-c3ccc(N(c4ccccc4)c4ccccc4)cc3)c3nn(CC(C)C)nc3c2-c2ccc(N(c3ccccc3)c3ccccc3)cc2)N1. The number of para-hydroxylation sites is 4. The van der Waals surface area contributed by atoms with Crippen molar-refractivity contribution in [1.29, 1.82) is 0 Å². The van der Waals surface area contributed by atoms with E-state index in [1.54, 1.807) is 0 Å². The third kappa shape index (κ3) is 8.44. The second-order valence-electron chi connectivity index (χ2n) is 15.7. The van der Waals surface area contributed by atoms with Crippen LogP contribution in [0.1, 0.15) is 33.6 Å². The average molecular weight is 804 g/mol. The summed E-state index contributed by atoms with van der Waals surface area (Å²) in [4.78, 5) is 6.41. The minimum Gasteiger partial charge on any atom is -0.599 e. The average Bonchev–Trinajstić information content (AvgIpc) is 3.91. The van der Waals surface area contributed by atoms with Gasteiger partial charge in [0.2, 0.25) is 0 Å². The molecule has 2 heterocycles. The molecule has 0 saturated carbocycles. The van der Waals surface area contributed by atoms with Crippen LogP contribution in [0.4, 0.5) is 45.5 Å². The molecule has 0 radical (unpaired) electrons. The third-order valence-corrected chi connectivity index (χ3v) is 10.8. The molecule has 0 aliphatic carbocycles. The maximum atomic E-state index is 6.02. The maximum absolute atomic E-state index is 6.02. The number of ether oxygens (including phenoxy) is 1. The molecular formula is C52H51N8O-. The highest BCUT2D eigenvalue weighted by Gasteiger charge is 2.26. The molecule has 1 aromatic heterocycles. The number of hydrogen-bond acceptors (Lipinski definition) is 7. The van der Waals surface area contributed by atoms with Crippen molar-refractivity contribution in [2.24, 2.45) is 5.92 Å². The van der Waals surface area contributed by atoms with Crippen molar-refractivity contribution in [2.75, 3.05) is 35.0 Å². The van der Waals surface area contributed by atoms with Crippen molar-refractivity contribution in [1.82, 2.24) is 20.1 Å². The Labute approximate surface area is 358 Å². The largest absolute Gasteiger partial charge is 0.599 e. The predicted octanol–water partition coefficient (Wildman–Crippen LogP) is 13.7. The molecule has 61 heavy (non-hydrogen) atoms. The lowest BCUT2D eigenvalue weighted by atomic mass is 9.93. The monoisotopic (exact) mass is 803 g/mol. The minimum atomic E-state index is 0.356. The number of hydrazine groups is 1. The number of unbranched alkanes of at least 4 members (excludes halogenated alkanes) is 1. The summed E-state index contributed by atoms with van der Waals surface area (Å²) >= 11 is 0. The Morgan fingerprint density at radius 3 is 1.43 bits per heavy atom. The van der Waals surface area contributed by atoms with Gasteiger partial charge >= 0.3 is 0 Å². The molecule has 1 aliphatic heterocycles. The van der Waals surface area contributed by atoms with E-state index in [0.29, 0.717) is 25.6 Å². The quantitative estimate of drug-likeness (QED) is 0.0975. The maximum Gasteiger partial charge on any atom is 0.123 e. The van der Waals surface area contributed by atoms with Crippen molar-refractivity contribution in [3.63, 3.8) is 0 Å². The lowest BCUT2D eigenvalue weighted by Crippen LogP contribution is -2.25. The minimum absolute atomic E-state index is 0.356. The Bertz CT molecular complexity index is 2400. The third-order valence-electron chi connectivity index (χ3n) is 10.8. The van der Waals surface area contributed by atoms with Gasteiger partial charge in [0.15, 0.2) is 0 Å². The molecule has 0 atom stereocenters. The molecule has 306 valence electrons. The molecule has 0 amide bonds. The first-order valence-electron chi connectivity index (χ1n) is 21.4. The van der Waals surface area contributed by atoms with Gasteiger partial charge in [0, 0.05) is 58.5 Å². The normalized spacial score (nSPS) is 12.3. The number of nitrogens with one attached hydrogen (secondary N) is 1. The molecule has 9 nitrogen and oxygen atoms in total. The van der Waals surface area contributed by atoms with Gasteiger partial charge in [0.05, 0.1) is 13.2 Å². The second kappa shape index (κ2) is 18.1. The number of benzene rings is 7. The van der Waals surface area contributed by atoms with Gasteiger partial charge in [-0.1, -0.05) is 130 Å². The Balaban J connectivity index is 1.17. The molecule has 9 heteroatoms. The fourth-order valence-corrected chi connectivity index (χ4v) is 7.97. The van der Waals surface area contributed by atoms with Crippen LogP contribution in [0.5, 0.6) is 0 Å². The molecule has 7 aromatic carbocycles. The van der Waals surface area contributed by atoms with Gasteiger partial charge in [-0.2, -0.15) is 15.0 Å². The molecule has 0 fully saturated rings. The standard InChI is InChI=1S/C52H51N8O/c1-4-5-35-61-36-34-57-53-49-47(39-26-30-45(31-27-39)59(41-18-10-6-11-19-41)42-20-12-7-13-21-42)51-52(56-58(55-51)37-38(2)3)48(50(49)54-57)40-28-32-46(33-29-40)60(43-22-14-8-15-23-43)44-24-16-9-17-25-44/h6-33,38,53H,4-5,34-37H2,1-3H3/q-1. The van der Waals surface area contributed by atoms with E-state index < -0.39 is 0 Å². The van der Waals surface area contributed by atoms with Crippen LogP contribution in [0.2, 0.25) is 0 Å². The first kappa shape index (κ1) is 39.5. The van der Waals surface area contributed by atoms with E-state index in [-0.39, 0.29) is 0 Å². The summed E-state index contributed by atoms with van der Waals surface area (Å²) in [7, 11) is 0. The van der Waals surface area contributed by atoms with Crippen molar-refractivity contribution < 1.29 is 4.74 Å². The Morgan fingerprint density at radius 2 is 0.984 bits per heavy atom. The summed E-state index contributed by atoms with van der Waals surface area (Å²) in [6, 6.07) is 59.5. The van der Waals surface area contributed by atoms with Crippen LogP contribution in [0.15, 0.2) is 170 Å². The smallest absolute Gasteiger partial charge is 0.123 e. The summed E-state index contributed by atoms with van der Waals surface area (Å²) in [5.74, 6) is 0.356. The zero-order valence-electron chi connectivity index (χ0n) is 35.0. The topological polar surface area (TPSA) is 75.8 Å². The molecule has 0 saturated heterocycles. The van der Waals surface area contributed by atoms with Crippen molar-refractivity contribution in [2.45, 2.75) is 40.2 Å². The van der Waals surface area contributed by atoms with E-state index in [4.69, 9.17) is 20.4 Å². The summed E-state index contributed by atoms with van der Waals surface area (Å²) in [6.07, 6.45) is 2.13. The fourth-order valence-electron chi connectivity index (χ4n) is 7.97. The zero-order valence-corrected chi connectivity index (χ0v) is 35.0. The van der Waals surface area contributed by atoms with Crippen molar-refractivity contribution in [3.05, 3.63) is 175 Å². The summed E-state index contributed by atoms with van der Waals surface area (Å²) in [5, 5.41) is 12.4. The van der Waals surface area contributed by atoms with Gasteiger partial charge in [-0.05, 0) is 102 Å². The van der Waals surface area contributed by atoms with Gasteiger partial charge < -0.3 is 25.4 Å². The zero-order chi connectivity index (χ0) is 41.5. The van der Waals surface area contributed by atoms with Crippen LogP contribution in [0.3, 0.4) is 0 Å². The van der Waals surface area contributed by atoms with E-state index in [2.05, 4.69) is 194 Å². The van der Waals surface area contributed by atoms with E-state index in [9.17, 15) is 0 Å². The number of fused-ring (bicyclic) bond motifs is 2. The molecule has 0 bridgehead atoms. The second-order valence-corrected chi connectivity index (χ2v) is 15.7. The molecule has 1 N–H and O–H groups in total. The molecule has 0 unspecified atom stereocenters. The van der Waals surface area contributed by atoms with Crippen LogP contribution in [-0.4, -0.2) is 39.9 Å². The molecule has 1 aliphatic rings. The van der Waals surface area contributed by atoms with E-state index in [1.165, 1.54) is 0 Å². The number of anilines is 7. The lowest BCUT2D eigenvalue weighted by molar-refractivity contribution is 0.118. The number of nitrogens with zero attached hydrogens (tertiary/aromatic N) is 7. The van der Waals surface area contributed by atoms with E-state index in [0.717, 1.165) is 98.2 Å². The summed E-state index contributed by atoms with van der Waals surface area (Å²) < 4.78 is 6.02.